The summed E-state index contributed by atoms with van der Waals surface area (Å²) in [6.45, 7) is 0. The third-order valence-electron chi connectivity index (χ3n) is 5.40. The number of hydrogen-bond donors (Lipinski definition) is 5. The first-order valence-electron chi connectivity index (χ1n) is 10.8. The maximum Gasteiger partial charge on any atom is 0.323 e. The number of amides is 3. The van der Waals surface area contributed by atoms with Crippen LogP contribution in [0, 0.1) is 5.82 Å². The lowest BCUT2D eigenvalue weighted by atomic mass is 10.1. The van der Waals surface area contributed by atoms with Crippen LogP contribution in [-0.4, -0.2) is 16.9 Å². The molecule has 1 aromatic heterocycles. The molecule has 2 heterocycles. The number of rotatable bonds is 5. The van der Waals surface area contributed by atoms with E-state index in [9.17, 15) is 14.0 Å². The van der Waals surface area contributed by atoms with Crippen molar-refractivity contribution in [2.75, 3.05) is 21.3 Å². The molecule has 0 atom stereocenters. The molecule has 0 unspecified atom stereocenters. The number of hydrogen-bond acceptors (Lipinski definition) is 3. The average Bonchev–Trinajstić information content (AvgIpc) is 3.46. The van der Waals surface area contributed by atoms with Crippen LogP contribution in [0.15, 0.2) is 72.9 Å². The van der Waals surface area contributed by atoms with Crippen molar-refractivity contribution < 1.29 is 14.0 Å². The van der Waals surface area contributed by atoms with Gasteiger partial charge in [-0.25, -0.2) is 9.18 Å². The summed E-state index contributed by atoms with van der Waals surface area (Å²) < 4.78 is 14.5. The van der Waals surface area contributed by atoms with E-state index >= 15 is 0 Å². The van der Waals surface area contributed by atoms with Crippen molar-refractivity contribution in [2.24, 2.45) is 0 Å². The number of aromatic nitrogens is 1. The van der Waals surface area contributed by atoms with Gasteiger partial charge in [-0.2, -0.15) is 0 Å². The Morgan fingerprint density at radius 1 is 0.917 bits per heavy atom. The van der Waals surface area contributed by atoms with Crippen molar-refractivity contribution in [1.82, 2.24) is 4.98 Å². The molecule has 5 N–H and O–H groups in total. The highest BCUT2D eigenvalue weighted by atomic mass is 35.5. The van der Waals surface area contributed by atoms with E-state index in [1.165, 1.54) is 24.3 Å². The molecule has 1 aliphatic heterocycles. The molecule has 0 aliphatic carbocycles. The number of nitrogens with one attached hydrogen (secondary N) is 5. The number of H-pyrrole nitrogens is 1. The SMILES string of the molecule is O=C(Nc1ccc(F)c(Nc2ccc3c(c2)NC(=O)C3=Cc2ccc[nH]2)c1)Nc1cc(Cl)ccc1Cl. The number of urea groups is 1. The Balaban J connectivity index is 1.32. The van der Waals surface area contributed by atoms with Crippen LogP contribution in [0.5, 0.6) is 0 Å². The van der Waals surface area contributed by atoms with Crippen molar-refractivity contribution >= 4 is 75.2 Å². The van der Waals surface area contributed by atoms with Crippen molar-refractivity contribution in [3.8, 4) is 0 Å². The van der Waals surface area contributed by atoms with Crippen LogP contribution in [0.4, 0.5) is 37.6 Å². The molecule has 1 aliphatic rings. The summed E-state index contributed by atoms with van der Waals surface area (Å²) in [6, 6.07) is 17.2. The predicted molar refractivity (Wildman–Crippen MR) is 143 cm³/mol. The van der Waals surface area contributed by atoms with Crippen LogP contribution < -0.4 is 21.3 Å². The van der Waals surface area contributed by atoms with Crippen molar-refractivity contribution in [2.45, 2.75) is 0 Å². The molecule has 10 heteroatoms. The number of carbonyl (C=O) groups is 2. The quantitative estimate of drug-likeness (QED) is 0.177. The summed E-state index contributed by atoms with van der Waals surface area (Å²) in [5, 5.41) is 11.8. The number of aromatic amines is 1. The molecule has 0 saturated heterocycles. The molecule has 0 bridgehead atoms. The summed E-state index contributed by atoms with van der Waals surface area (Å²) in [4.78, 5) is 27.9. The largest absolute Gasteiger partial charge is 0.362 e. The third-order valence-corrected chi connectivity index (χ3v) is 5.97. The van der Waals surface area contributed by atoms with Crippen LogP contribution >= 0.6 is 23.2 Å². The van der Waals surface area contributed by atoms with Gasteiger partial charge >= 0.3 is 6.03 Å². The van der Waals surface area contributed by atoms with E-state index in [2.05, 4.69) is 26.3 Å². The minimum absolute atomic E-state index is 0.139. The zero-order valence-electron chi connectivity index (χ0n) is 18.5. The van der Waals surface area contributed by atoms with Gasteiger partial charge in [0.15, 0.2) is 0 Å². The fourth-order valence-electron chi connectivity index (χ4n) is 3.74. The molecule has 0 fully saturated rings. The third kappa shape index (κ3) is 5.05. The minimum atomic E-state index is -0.571. The van der Waals surface area contributed by atoms with E-state index in [1.807, 2.05) is 12.1 Å². The Hall–Kier alpha value is -4.27. The molecule has 0 radical (unpaired) electrons. The highest BCUT2D eigenvalue weighted by Gasteiger charge is 2.24. The second-order valence-electron chi connectivity index (χ2n) is 7.92. The van der Waals surface area contributed by atoms with E-state index in [0.717, 1.165) is 11.3 Å². The smallest absolute Gasteiger partial charge is 0.323 e. The normalized spacial score (nSPS) is 13.3. The van der Waals surface area contributed by atoms with Gasteiger partial charge in [0.2, 0.25) is 0 Å². The summed E-state index contributed by atoms with van der Waals surface area (Å²) in [5.74, 6) is -0.740. The second-order valence-corrected chi connectivity index (χ2v) is 8.76. The topological polar surface area (TPSA) is 98.1 Å². The second kappa shape index (κ2) is 9.77. The summed E-state index contributed by atoms with van der Waals surface area (Å²) >= 11 is 12.0. The van der Waals surface area contributed by atoms with Crippen molar-refractivity contribution in [3.63, 3.8) is 0 Å². The molecule has 4 aromatic rings. The molecule has 0 spiro atoms. The summed E-state index contributed by atoms with van der Waals surface area (Å²) in [7, 11) is 0. The minimum Gasteiger partial charge on any atom is -0.362 e. The Kier molecular flexibility index (Phi) is 6.37. The monoisotopic (exact) mass is 521 g/mol. The van der Waals surface area contributed by atoms with Gasteiger partial charge < -0.3 is 26.3 Å². The van der Waals surface area contributed by atoms with Crippen LogP contribution in [0.25, 0.3) is 11.6 Å². The Morgan fingerprint density at radius 3 is 2.56 bits per heavy atom. The molecule has 36 heavy (non-hydrogen) atoms. The zero-order chi connectivity index (χ0) is 25.2. The Bertz CT molecular complexity index is 1520. The van der Waals surface area contributed by atoms with Gasteiger partial charge in [-0.1, -0.05) is 29.3 Å². The van der Waals surface area contributed by atoms with Gasteiger partial charge in [0.05, 0.1) is 27.7 Å². The van der Waals surface area contributed by atoms with Crippen LogP contribution in [0.2, 0.25) is 10.0 Å². The van der Waals surface area contributed by atoms with Gasteiger partial charge in [-0.05, 0) is 66.7 Å². The molecular formula is C26H18Cl2FN5O2. The van der Waals surface area contributed by atoms with Gasteiger partial charge in [-0.3, -0.25) is 4.79 Å². The molecule has 7 nitrogen and oxygen atoms in total. The first-order chi connectivity index (χ1) is 17.4. The lowest BCUT2D eigenvalue weighted by Crippen LogP contribution is -2.19. The maximum atomic E-state index is 14.5. The number of carbonyl (C=O) groups excluding carboxylic acids is 2. The van der Waals surface area contributed by atoms with Gasteiger partial charge in [-0.15, -0.1) is 0 Å². The van der Waals surface area contributed by atoms with E-state index in [1.54, 1.807) is 42.6 Å². The van der Waals surface area contributed by atoms with Crippen molar-refractivity contribution in [3.05, 3.63) is 100 Å². The molecule has 5 rings (SSSR count). The maximum absolute atomic E-state index is 14.5. The summed E-state index contributed by atoms with van der Waals surface area (Å²) in [5.41, 5.74) is 4.07. The Morgan fingerprint density at radius 2 is 1.75 bits per heavy atom. The average molecular weight is 522 g/mol. The molecular weight excluding hydrogens is 504 g/mol. The van der Waals surface area contributed by atoms with Gasteiger partial charge in [0.1, 0.15) is 5.82 Å². The highest BCUT2D eigenvalue weighted by Crippen LogP contribution is 2.36. The van der Waals surface area contributed by atoms with E-state index in [-0.39, 0.29) is 11.6 Å². The van der Waals surface area contributed by atoms with E-state index < -0.39 is 11.8 Å². The Labute approximate surface area is 215 Å². The number of anilines is 5. The molecule has 0 saturated carbocycles. The van der Waals surface area contributed by atoms with Crippen molar-refractivity contribution in [1.29, 1.82) is 0 Å². The van der Waals surface area contributed by atoms with Crippen LogP contribution in [0.1, 0.15) is 11.3 Å². The first-order valence-corrected chi connectivity index (χ1v) is 11.5. The molecule has 3 amide bonds. The fourth-order valence-corrected chi connectivity index (χ4v) is 4.07. The standard InChI is InChI=1S/C26H18Cl2FN5O2/c27-14-3-7-20(28)23(10-14)34-26(36)32-17-5-8-21(29)24(13-17)31-16-4-6-18-19(11-15-2-1-9-30-15)25(35)33-22(18)12-16/h1-13,30-31H,(H,33,35)(H2,32,34,36). The van der Waals surface area contributed by atoms with Crippen LogP contribution in [-0.2, 0) is 4.79 Å². The predicted octanol–water partition coefficient (Wildman–Crippen LogP) is 7.34. The number of halogens is 3. The number of fused-ring (bicyclic) bond motifs is 1. The van der Waals surface area contributed by atoms with Gasteiger partial charge in [0.25, 0.3) is 5.91 Å². The van der Waals surface area contributed by atoms with Gasteiger partial charge in [0, 0.05) is 33.9 Å². The molecule has 3 aromatic carbocycles. The van der Waals surface area contributed by atoms with E-state index in [4.69, 9.17) is 23.2 Å². The summed E-state index contributed by atoms with van der Waals surface area (Å²) in [6.07, 6.45) is 3.55. The highest BCUT2D eigenvalue weighted by molar-refractivity contribution is 6.36. The fraction of sp³-hybridized carbons (Fsp3) is 0. The first kappa shape index (κ1) is 23.5. The lowest BCUT2D eigenvalue weighted by Gasteiger charge is -2.13. The molecule has 180 valence electrons. The van der Waals surface area contributed by atoms with E-state index in [0.29, 0.717) is 38.4 Å². The lowest BCUT2D eigenvalue weighted by molar-refractivity contribution is -0.110. The number of benzene rings is 3. The zero-order valence-corrected chi connectivity index (χ0v) is 20.0. The van der Waals surface area contributed by atoms with Crippen LogP contribution in [0.3, 0.4) is 0 Å².